The van der Waals surface area contributed by atoms with Crippen molar-refractivity contribution < 1.29 is 23.4 Å². The fourth-order valence-electron chi connectivity index (χ4n) is 5.72. The molecule has 0 unspecified atom stereocenters. The molecule has 4 rings (SSSR count). The van der Waals surface area contributed by atoms with Gasteiger partial charge in [0.2, 0.25) is 0 Å². The third-order valence-corrected chi connectivity index (χ3v) is 12.5. The molecule has 2 heterocycles. The highest BCUT2D eigenvalue weighted by molar-refractivity contribution is 6.99. The van der Waals surface area contributed by atoms with Crippen molar-refractivity contribution in [2.24, 2.45) is 0 Å². The molecule has 202 valence electrons. The summed E-state index contributed by atoms with van der Waals surface area (Å²) in [5.41, 5.74) is 0. The maximum absolute atomic E-state index is 12.0. The van der Waals surface area contributed by atoms with E-state index in [4.69, 9.17) is 18.6 Å². The van der Waals surface area contributed by atoms with Gasteiger partial charge in [0.25, 0.3) is 8.32 Å². The van der Waals surface area contributed by atoms with Crippen LogP contribution in [-0.2, 0) is 23.4 Å². The van der Waals surface area contributed by atoms with Crippen LogP contribution in [-0.4, -0.2) is 57.6 Å². The van der Waals surface area contributed by atoms with Crippen LogP contribution in [0.1, 0.15) is 60.8 Å². The van der Waals surface area contributed by atoms with E-state index in [0.29, 0.717) is 13.2 Å². The predicted octanol–water partition coefficient (Wildman–Crippen LogP) is 4.16. The van der Waals surface area contributed by atoms with E-state index in [1.807, 2.05) is 20.8 Å². The molecule has 7 heteroatoms. The second kappa shape index (κ2) is 11.4. The normalized spacial score (nSPS) is 25.1. The SMILES string of the molecule is CCOC(=O)[C@@H]1N[C@H]1CC[C@H]1OC(C)(C)O[C@H]1CCO[Si](c1ccccc1)(c1ccccc1)C(C)(C)C. The largest absolute Gasteiger partial charge is 0.465 e. The Morgan fingerprint density at radius 1 is 0.919 bits per heavy atom. The Bertz CT molecular complexity index is 984. The number of rotatable bonds is 11. The van der Waals surface area contributed by atoms with Gasteiger partial charge in [0.1, 0.15) is 6.04 Å². The molecular formula is C30H43NO5Si. The quantitative estimate of drug-likeness (QED) is 0.270. The Kier molecular flexibility index (Phi) is 8.60. The van der Waals surface area contributed by atoms with Crippen molar-refractivity contribution in [2.75, 3.05) is 13.2 Å². The summed E-state index contributed by atoms with van der Waals surface area (Å²) in [5, 5.41) is 5.72. The number of hydrogen-bond donors (Lipinski definition) is 1. The maximum atomic E-state index is 12.0. The van der Waals surface area contributed by atoms with Crippen LogP contribution >= 0.6 is 0 Å². The molecule has 37 heavy (non-hydrogen) atoms. The van der Waals surface area contributed by atoms with Gasteiger partial charge in [0.15, 0.2) is 5.79 Å². The molecule has 4 atom stereocenters. The minimum atomic E-state index is -2.59. The fraction of sp³-hybridized carbons (Fsp3) is 0.567. The van der Waals surface area contributed by atoms with Gasteiger partial charge in [-0.1, -0.05) is 81.4 Å². The lowest BCUT2D eigenvalue weighted by atomic mass is 10.0. The first kappa shape index (κ1) is 28.0. The highest BCUT2D eigenvalue weighted by Gasteiger charge is 2.51. The molecule has 0 aliphatic carbocycles. The fourth-order valence-corrected chi connectivity index (χ4v) is 10.3. The van der Waals surface area contributed by atoms with Crippen molar-refractivity contribution in [3.8, 4) is 0 Å². The van der Waals surface area contributed by atoms with Gasteiger partial charge >= 0.3 is 5.97 Å². The van der Waals surface area contributed by atoms with Gasteiger partial charge in [0, 0.05) is 12.6 Å². The summed E-state index contributed by atoms with van der Waals surface area (Å²) in [4.78, 5) is 12.0. The van der Waals surface area contributed by atoms with E-state index >= 15 is 0 Å². The summed E-state index contributed by atoms with van der Waals surface area (Å²) in [7, 11) is -2.59. The van der Waals surface area contributed by atoms with Crippen LogP contribution in [0.15, 0.2) is 60.7 Å². The molecule has 6 nitrogen and oxygen atoms in total. The van der Waals surface area contributed by atoms with Crippen LogP contribution in [0.3, 0.4) is 0 Å². The Balaban J connectivity index is 1.46. The highest BCUT2D eigenvalue weighted by Crippen LogP contribution is 2.38. The van der Waals surface area contributed by atoms with Gasteiger partial charge < -0.3 is 18.6 Å². The summed E-state index contributed by atoms with van der Waals surface area (Å²) >= 11 is 0. The summed E-state index contributed by atoms with van der Waals surface area (Å²) in [5.74, 6) is -0.795. The van der Waals surface area contributed by atoms with E-state index in [-0.39, 0.29) is 35.3 Å². The molecule has 1 N–H and O–H groups in total. The van der Waals surface area contributed by atoms with E-state index in [1.54, 1.807) is 0 Å². The highest BCUT2D eigenvalue weighted by atomic mass is 28.4. The molecule has 2 fully saturated rings. The van der Waals surface area contributed by atoms with Gasteiger partial charge in [0.05, 0.1) is 18.8 Å². The standard InChI is InChI=1S/C30H43NO5Si/c1-7-33-28(32)27-24(31-27)18-19-25-26(36-30(5,6)35-25)20-21-34-37(29(2,3)4,22-14-10-8-11-15-22)23-16-12-9-13-17-23/h8-17,24-27,31H,7,18-21H2,1-6H3/t24-,25+,26-,27+/m0/s1. The second-order valence-electron chi connectivity index (χ2n) is 11.6. The molecule has 0 spiro atoms. The molecule has 2 aliphatic rings. The number of nitrogens with one attached hydrogen (secondary N) is 1. The molecule has 2 aliphatic heterocycles. The number of hydrogen-bond acceptors (Lipinski definition) is 6. The van der Waals surface area contributed by atoms with Gasteiger partial charge in [-0.15, -0.1) is 0 Å². The average Bonchev–Trinajstić information content (AvgIpc) is 3.58. The lowest BCUT2D eigenvalue weighted by molar-refractivity contribution is -0.147. The molecule has 0 radical (unpaired) electrons. The smallest absolute Gasteiger partial charge is 0.324 e. The number of benzene rings is 2. The van der Waals surface area contributed by atoms with Crippen LogP contribution in [0.25, 0.3) is 0 Å². The van der Waals surface area contributed by atoms with Crippen molar-refractivity contribution >= 4 is 24.7 Å². The zero-order valence-corrected chi connectivity index (χ0v) is 24.2. The van der Waals surface area contributed by atoms with E-state index in [2.05, 4.69) is 86.8 Å². The van der Waals surface area contributed by atoms with Crippen molar-refractivity contribution in [1.82, 2.24) is 5.32 Å². The van der Waals surface area contributed by atoms with Crippen LogP contribution in [0, 0.1) is 0 Å². The van der Waals surface area contributed by atoms with Gasteiger partial charge in [-0.05, 0) is 55.4 Å². The summed E-state index contributed by atoms with van der Waals surface area (Å²) < 4.78 is 24.9. The lowest BCUT2D eigenvalue weighted by Gasteiger charge is -2.43. The third-order valence-electron chi connectivity index (χ3n) is 7.41. The predicted molar refractivity (Wildman–Crippen MR) is 149 cm³/mol. The zero-order chi connectivity index (χ0) is 26.7. The van der Waals surface area contributed by atoms with Crippen molar-refractivity contribution in [1.29, 1.82) is 0 Å². The van der Waals surface area contributed by atoms with E-state index in [0.717, 1.165) is 19.3 Å². The van der Waals surface area contributed by atoms with Crippen molar-refractivity contribution in [2.45, 2.75) is 95.9 Å². The van der Waals surface area contributed by atoms with E-state index < -0.39 is 14.1 Å². The van der Waals surface area contributed by atoms with Gasteiger partial charge in [-0.2, -0.15) is 0 Å². The summed E-state index contributed by atoms with van der Waals surface area (Å²) in [6.45, 7) is 13.7. The minimum Gasteiger partial charge on any atom is -0.465 e. The molecule has 0 saturated carbocycles. The number of carbonyl (C=O) groups excluding carboxylic acids is 1. The summed E-state index contributed by atoms with van der Waals surface area (Å²) in [6, 6.07) is 21.4. The van der Waals surface area contributed by atoms with E-state index in [1.165, 1.54) is 10.4 Å². The van der Waals surface area contributed by atoms with Gasteiger partial charge in [-0.25, -0.2) is 0 Å². The first-order chi connectivity index (χ1) is 17.6. The van der Waals surface area contributed by atoms with Crippen LogP contribution in [0.2, 0.25) is 5.04 Å². The van der Waals surface area contributed by atoms with Crippen molar-refractivity contribution in [3.05, 3.63) is 60.7 Å². The number of ether oxygens (including phenoxy) is 3. The summed E-state index contributed by atoms with van der Waals surface area (Å²) in [6.07, 6.45) is 2.31. The van der Waals surface area contributed by atoms with Gasteiger partial charge in [-0.3, -0.25) is 10.1 Å². The molecule has 2 aromatic rings. The molecule has 0 bridgehead atoms. The second-order valence-corrected chi connectivity index (χ2v) is 15.9. The monoisotopic (exact) mass is 525 g/mol. The topological polar surface area (TPSA) is 75.9 Å². The van der Waals surface area contributed by atoms with Crippen LogP contribution in [0.4, 0.5) is 0 Å². The number of carbonyl (C=O) groups is 1. The lowest BCUT2D eigenvalue weighted by Crippen LogP contribution is -2.66. The Morgan fingerprint density at radius 3 is 1.97 bits per heavy atom. The Hall–Kier alpha value is -2.03. The van der Waals surface area contributed by atoms with Crippen LogP contribution < -0.4 is 15.7 Å². The Labute approximate surface area is 223 Å². The van der Waals surface area contributed by atoms with E-state index in [9.17, 15) is 4.79 Å². The molecular weight excluding hydrogens is 482 g/mol. The molecule has 0 aromatic heterocycles. The average molecular weight is 526 g/mol. The molecule has 0 amide bonds. The minimum absolute atomic E-state index is 0.0389. The Morgan fingerprint density at radius 2 is 1.46 bits per heavy atom. The maximum Gasteiger partial charge on any atom is 0.324 e. The molecule has 2 saturated heterocycles. The third kappa shape index (κ3) is 6.34. The first-order valence-corrected chi connectivity index (χ1v) is 15.5. The van der Waals surface area contributed by atoms with Crippen LogP contribution in [0.5, 0.6) is 0 Å². The first-order valence-electron chi connectivity index (χ1n) is 13.6. The van der Waals surface area contributed by atoms with Crippen molar-refractivity contribution in [3.63, 3.8) is 0 Å². The zero-order valence-electron chi connectivity index (χ0n) is 23.2. The number of esters is 1. The molecule has 2 aromatic carbocycles.